The molecule has 1 aliphatic heterocycles. The molecule has 1 unspecified atom stereocenters. The van der Waals surface area contributed by atoms with Crippen molar-refractivity contribution in [3.63, 3.8) is 0 Å². The molecule has 1 aliphatic carbocycles. The molecule has 1 N–H and O–H groups in total. The number of imidazole rings is 1. The lowest BCUT2D eigenvalue weighted by Crippen LogP contribution is -2.46. The molecule has 12 heteroatoms. The molecule has 1 atom stereocenters. The molecule has 3 aromatic rings. The fourth-order valence-electron chi connectivity index (χ4n) is 4.79. The van der Waals surface area contributed by atoms with Crippen LogP contribution in [0.4, 0.5) is 13.6 Å². The number of amides is 2. The Morgan fingerprint density at radius 2 is 1.92 bits per heavy atom. The fraction of sp³-hybridized carbons (Fsp3) is 0.444. The van der Waals surface area contributed by atoms with Gasteiger partial charge in [0, 0.05) is 30.4 Å². The van der Waals surface area contributed by atoms with Crippen LogP contribution < -0.4 is 19.5 Å². The number of likely N-dealkylation sites (tertiary alicyclic amines) is 1. The molecule has 2 amide bonds. The first-order valence-electron chi connectivity index (χ1n) is 12.8. The van der Waals surface area contributed by atoms with Crippen molar-refractivity contribution < 1.29 is 37.3 Å². The Balaban J connectivity index is 1.40. The van der Waals surface area contributed by atoms with Crippen LogP contribution >= 0.6 is 0 Å². The number of methoxy groups -OCH3 is 2. The van der Waals surface area contributed by atoms with Gasteiger partial charge in [-0.1, -0.05) is 0 Å². The van der Waals surface area contributed by atoms with Crippen molar-refractivity contribution in [3.8, 4) is 28.5 Å². The molecule has 2 aliphatic rings. The van der Waals surface area contributed by atoms with Gasteiger partial charge in [0.05, 0.1) is 32.2 Å². The Hall–Kier alpha value is -4.09. The number of nitrogens with one attached hydrogen (secondary N) is 1. The highest BCUT2D eigenvalue weighted by atomic mass is 19.3. The van der Waals surface area contributed by atoms with E-state index in [0.29, 0.717) is 35.8 Å². The molecule has 1 saturated heterocycles. The summed E-state index contributed by atoms with van der Waals surface area (Å²) in [6.07, 6.45) is 7.41. The number of carbonyl (C=O) groups is 2. The van der Waals surface area contributed by atoms with Crippen LogP contribution in [-0.2, 0) is 4.74 Å². The van der Waals surface area contributed by atoms with Crippen molar-refractivity contribution in [3.05, 3.63) is 42.2 Å². The fourth-order valence-corrected chi connectivity index (χ4v) is 4.79. The van der Waals surface area contributed by atoms with Crippen molar-refractivity contribution in [2.24, 2.45) is 0 Å². The normalized spacial score (nSPS) is 17.3. The number of fused-ring (bicyclic) bond motifs is 1. The largest absolute Gasteiger partial charge is 0.496 e. The van der Waals surface area contributed by atoms with Gasteiger partial charge >= 0.3 is 12.7 Å². The molecule has 0 radical (unpaired) electrons. The van der Waals surface area contributed by atoms with E-state index in [9.17, 15) is 18.4 Å². The Bertz CT molecular complexity index is 1360. The van der Waals surface area contributed by atoms with Crippen molar-refractivity contribution >= 4 is 17.6 Å². The summed E-state index contributed by atoms with van der Waals surface area (Å²) < 4.78 is 49.4. The second kappa shape index (κ2) is 11.3. The molecule has 3 heterocycles. The lowest BCUT2D eigenvalue weighted by atomic mass is 10.0. The zero-order valence-electron chi connectivity index (χ0n) is 21.7. The van der Waals surface area contributed by atoms with Gasteiger partial charge in [0.15, 0.2) is 0 Å². The Morgan fingerprint density at radius 1 is 1.13 bits per heavy atom. The third kappa shape index (κ3) is 5.84. The standard InChI is InChI=1S/C27H30F2N4O6/c1-36-21-11-16(12-22(39-26(28)29)24(21)25(34)31-17-6-7-17)20-14-30-23-13-19(8-10-33(20)23)38-15-18-5-3-4-9-32(18)27(35)37-2/h8,10-14,17-18,26H,3-7,9,15H2,1-2H3,(H,31,34). The van der Waals surface area contributed by atoms with Gasteiger partial charge in [-0.2, -0.15) is 8.78 Å². The second-order valence-electron chi connectivity index (χ2n) is 9.54. The highest BCUT2D eigenvalue weighted by Gasteiger charge is 2.30. The van der Waals surface area contributed by atoms with Crippen LogP contribution in [-0.4, -0.2) is 72.4 Å². The van der Waals surface area contributed by atoms with E-state index in [0.717, 1.165) is 32.1 Å². The summed E-state index contributed by atoms with van der Waals surface area (Å²) in [6.45, 7) is -2.18. The molecule has 1 saturated carbocycles. The quantitative estimate of drug-likeness (QED) is 0.423. The smallest absolute Gasteiger partial charge is 0.409 e. The van der Waals surface area contributed by atoms with Crippen LogP contribution in [0.25, 0.3) is 16.9 Å². The molecule has 1 aromatic carbocycles. The summed E-state index contributed by atoms with van der Waals surface area (Å²) in [5.74, 6) is -0.129. The molecular formula is C27H30F2N4O6. The van der Waals surface area contributed by atoms with Crippen molar-refractivity contribution in [1.82, 2.24) is 19.6 Å². The summed E-state index contributed by atoms with van der Waals surface area (Å²) in [5, 5.41) is 2.79. The number of benzene rings is 1. The molecule has 0 spiro atoms. The number of hydrogen-bond acceptors (Lipinski definition) is 7. The molecule has 5 rings (SSSR count). The highest BCUT2D eigenvalue weighted by Crippen LogP contribution is 2.37. The second-order valence-corrected chi connectivity index (χ2v) is 9.54. The predicted octanol–water partition coefficient (Wildman–Crippen LogP) is 4.50. The van der Waals surface area contributed by atoms with E-state index in [1.165, 1.54) is 20.3 Å². The van der Waals surface area contributed by atoms with Crippen LogP contribution in [0.5, 0.6) is 17.2 Å². The average Bonchev–Trinajstić information content (AvgIpc) is 3.65. The first-order valence-corrected chi connectivity index (χ1v) is 12.8. The number of piperidine rings is 1. The first-order chi connectivity index (χ1) is 18.9. The van der Waals surface area contributed by atoms with Gasteiger partial charge in [-0.05, 0) is 50.3 Å². The first kappa shape index (κ1) is 26.5. The number of halogens is 2. The number of hydrogen-bond donors (Lipinski definition) is 1. The van der Waals surface area contributed by atoms with Gasteiger partial charge in [-0.25, -0.2) is 9.78 Å². The third-order valence-electron chi connectivity index (χ3n) is 6.90. The minimum atomic E-state index is -3.13. The Labute approximate surface area is 223 Å². The lowest BCUT2D eigenvalue weighted by Gasteiger charge is -2.34. The zero-order chi connectivity index (χ0) is 27.5. The van der Waals surface area contributed by atoms with E-state index in [4.69, 9.17) is 18.9 Å². The summed E-state index contributed by atoms with van der Waals surface area (Å²) in [4.78, 5) is 31.0. The zero-order valence-corrected chi connectivity index (χ0v) is 21.7. The SMILES string of the molecule is COC(=O)N1CCCCC1COc1ccn2c(-c3cc(OC)c(C(=O)NC4CC4)c(OC(F)F)c3)cnc2c1. The number of ether oxygens (including phenoxy) is 4. The van der Waals surface area contributed by atoms with E-state index in [1.54, 1.807) is 39.9 Å². The van der Waals surface area contributed by atoms with Crippen LogP contribution in [0.2, 0.25) is 0 Å². The topological polar surface area (TPSA) is 104 Å². The number of pyridine rings is 1. The van der Waals surface area contributed by atoms with Crippen LogP contribution in [0, 0.1) is 0 Å². The van der Waals surface area contributed by atoms with Crippen LogP contribution in [0.1, 0.15) is 42.5 Å². The van der Waals surface area contributed by atoms with Gasteiger partial charge < -0.3 is 29.2 Å². The third-order valence-corrected chi connectivity index (χ3v) is 6.90. The number of carbonyl (C=O) groups excluding carboxylic acids is 2. The van der Waals surface area contributed by atoms with Gasteiger partial charge in [-0.3, -0.25) is 9.20 Å². The van der Waals surface area contributed by atoms with E-state index < -0.39 is 12.5 Å². The molecule has 208 valence electrons. The summed E-state index contributed by atoms with van der Waals surface area (Å²) in [7, 11) is 2.73. The van der Waals surface area contributed by atoms with Gasteiger partial charge in [0.25, 0.3) is 5.91 Å². The maximum atomic E-state index is 13.3. The minimum Gasteiger partial charge on any atom is -0.496 e. The molecule has 10 nitrogen and oxygen atoms in total. The van der Waals surface area contributed by atoms with Crippen molar-refractivity contribution in [1.29, 1.82) is 0 Å². The highest BCUT2D eigenvalue weighted by molar-refractivity contribution is 6.01. The molecule has 2 aromatic heterocycles. The van der Waals surface area contributed by atoms with Crippen molar-refractivity contribution in [2.45, 2.75) is 50.8 Å². The van der Waals surface area contributed by atoms with Gasteiger partial charge in [0.2, 0.25) is 0 Å². The van der Waals surface area contributed by atoms with Crippen LogP contribution in [0.3, 0.4) is 0 Å². The molecular weight excluding hydrogens is 514 g/mol. The Morgan fingerprint density at radius 3 is 2.64 bits per heavy atom. The number of rotatable bonds is 9. The monoisotopic (exact) mass is 544 g/mol. The predicted molar refractivity (Wildman–Crippen MR) is 137 cm³/mol. The summed E-state index contributed by atoms with van der Waals surface area (Å²) in [6, 6.07) is 6.43. The van der Waals surface area contributed by atoms with E-state index >= 15 is 0 Å². The van der Waals surface area contributed by atoms with Gasteiger partial charge in [0.1, 0.15) is 35.1 Å². The molecule has 2 fully saturated rings. The van der Waals surface area contributed by atoms with Crippen LogP contribution in [0.15, 0.2) is 36.7 Å². The Kier molecular flexibility index (Phi) is 7.71. The summed E-state index contributed by atoms with van der Waals surface area (Å²) in [5.41, 5.74) is 1.53. The molecule has 39 heavy (non-hydrogen) atoms. The number of alkyl halides is 2. The van der Waals surface area contributed by atoms with E-state index in [-0.39, 0.29) is 35.2 Å². The van der Waals surface area contributed by atoms with Gasteiger partial charge in [-0.15, -0.1) is 0 Å². The average molecular weight is 545 g/mol. The maximum Gasteiger partial charge on any atom is 0.409 e. The number of aromatic nitrogens is 2. The molecule has 0 bridgehead atoms. The minimum absolute atomic E-state index is 0.0260. The lowest BCUT2D eigenvalue weighted by molar-refractivity contribution is -0.0502. The van der Waals surface area contributed by atoms with E-state index in [1.807, 2.05) is 0 Å². The van der Waals surface area contributed by atoms with Crippen molar-refractivity contribution in [2.75, 3.05) is 27.4 Å². The van der Waals surface area contributed by atoms with E-state index in [2.05, 4.69) is 10.3 Å². The maximum absolute atomic E-state index is 13.3. The number of nitrogens with zero attached hydrogens (tertiary/aromatic N) is 3. The summed E-state index contributed by atoms with van der Waals surface area (Å²) >= 11 is 0.